The van der Waals surface area contributed by atoms with E-state index in [1.807, 2.05) is 0 Å². The first kappa shape index (κ1) is 16.6. The van der Waals surface area contributed by atoms with Crippen molar-refractivity contribution in [3.05, 3.63) is 34.9 Å². The van der Waals surface area contributed by atoms with Gasteiger partial charge in [0.25, 0.3) is 0 Å². The maximum absolute atomic E-state index is 11.1. The summed E-state index contributed by atoms with van der Waals surface area (Å²) in [4.78, 5) is 11.1. The molecule has 0 spiro atoms. The predicted molar refractivity (Wildman–Crippen MR) is 87.5 cm³/mol. The number of nitrogens with one attached hydrogen (secondary N) is 3. The SMILES string of the molecule is CC(=N)/C=C(\S)Nc1cc(N[C@H](C)C(N)=O)ccc1C#N. The number of amides is 1. The Balaban J connectivity index is 3.04. The number of thiol groups is 1. The van der Waals surface area contributed by atoms with Gasteiger partial charge in [-0.3, -0.25) is 4.79 Å². The highest BCUT2D eigenvalue weighted by molar-refractivity contribution is 7.84. The van der Waals surface area contributed by atoms with Crippen LogP contribution in [0.15, 0.2) is 29.3 Å². The van der Waals surface area contributed by atoms with Crippen LogP contribution in [0.5, 0.6) is 0 Å². The highest BCUT2D eigenvalue weighted by Gasteiger charge is 2.10. The molecule has 0 saturated heterocycles. The van der Waals surface area contributed by atoms with E-state index in [0.29, 0.717) is 27.7 Å². The number of carbonyl (C=O) groups excluding carboxylic acids is 1. The Labute approximate surface area is 128 Å². The van der Waals surface area contributed by atoms with Crippen molar-refractivity contribution >= 4 is 35.6 Å². The van der Waals surface area contributed by atoms with Crippen LogP contribution in [0.4, 0.5) is 11.4 Å². The van der Waals surface area contributed by atoms with Crippen molar-refractivity contribution in [1.82, 2.24) is 0 Å². The van der Waals surface area contributed by atoms with Gasteiger partial charge in [-0.1, -0.05) is 0 Å². The molecular weight excluding hydrogens is 286 g/mol. The summed E-state index contributed by atoms with van der Waals surface area (Å²) >= 11 is 4.21. The third-order valence-electron chi connectivity index (χ3n) is 2.57. The number of hydrogen-bond acceptors (Lipinski definition) is 6. The minimum atomic E-state index is -0.527. The van der Waals surface area contributed by atoms with E-state index in [-0.39, 0.29) is 0 Å². The average Bonchev–Trinajstić information content (AvgIpc) is 2.37. The standard InChI is InChI=1S/C14H17N5OS/c1-8(16)5-13(21)19-12-6-11(4-3-10(12)7-15)18-9(2)14(17)20/h3-6,9,16,18-19,21H,1-2H3,(H2,17,20)/b13-5-,16-8?/t9-/m1/s1. The Kier molecular flexibility index (Phi) is 5.81. The summed E-state index contributed by atoms with van der Waals surface area (Å²) in [5.41, 5.74) is 7.14. The summed E-state index contributed by atoms with van der Waals surface area (Å²) < 4.78 is 0. The summed E-state index contributed by atoms with van der Waals surface area (Å²) in [6.45, 7) is 3.27. The van der Waals surface area contributed by atoms with Gasteiger partial charge in [0.15, 0.2) is 0 Å². The number of nitrogens with zero attached hydrogens (tertiary/aromatic N) is 1. The molecule has 0 aliphatic rings. The number of nitrogens with two attached hydrogens (primary N) is 1. The number of carbonyl (C=O) groups is 1. The van der Waals surface area contributed by atoms with Gasteiger partial charge in [0.1, 0.15) is 12.1 Å². The summed E-state index contributed by atoms with van der Waals surface area (Å²) in [6.07, 6.45) is 1.52. The van der Waals surface area contributed by atoms with Crippen LogP contribution in [0.2, 0.25) is 0 Å². The summed E-state index contributed by atoms with van der Waals surface area (Å²) in [7, 11) is 0. The highest BCUT2D eigenvalue weighted by atomic mass is 32.1. The van der Waals surface area contributed by atoms with Gasteiger partial charge < -0.3 is 21.8 Å². The first-order valence-electron chi connectivity index (χ1n) is 6.16. The number of anilines is 2. The van der Waals surface area contributed by atoms with Gasteiger partial charge in [0.2, 0.25) is 5.91 Å². The Hall–Kier alpha value is -2.46. The van der Waals surface area contributed by atoms with Gasteiger partial charge in [-0.2, -0.15) is 5.26 Å². The second kappa shape index (κ2) is 7.36. The fourth-order valence-electron chi connectivity index (χ4n) is 1.54. The Morgan fingerprint density at radius 1 is 1.57 bits per heavy atom. The number of nitriles is 1. The molecule has 7 heteroatoms. The summed E-state index contributed by atoms with van der Waals surface area (Å²) in [5.74, 6) is -0.469. The van der Waals surface area contributed by atoms with Crippen LogP contribution < -0.4 is 16.4 Å². The summed E-state index contributed by atoms with van der Waals surface area (Å²) in [5, 5.41) is 22.8. The van der Waals surface area contributed by atoms with Crippen molar-refractivity contribution in [2.24, 2.45) is 5.73 Å². The maximum atomic E-state index is 11.1. The molecule has 5 N–H and O–H groups in total. The van der Waals surface area contributed by atoms with Crippen molar-refractivity contribution in [2.75, 3.05) is 10.6 Å². The molecule has 6 nitrogen and oxygen atoms in total. The third-order valence-corrected chi connectivity index (χ3v) is 2.81. The number of rotatable bonds is 6. The van der Waals surface area contributed by atoms with Crippen LogP contribution in [0.25, 0.3) is 0 Å². The third kappa shape index (κ3) is 5.20. The van der Waals surface area contributed by atoms with E-state index in [2.05, 4.69) is 29.3 Å². The fourth-order valence-corrected chi connectivity index (χ4v) is 1.85. The molecule has 0 radical (unpaired) electrons. The molecule has 110 valence electrons. The van der Waals surface area contributed by atoms with Gasteiger partial charge >= 0.3 is 0 Å². The molecule has 0 aromatic heterocycles. The smallest absolute Gasteiger partial charge is 0.239 e. The molecule has 0 unspecified atom stereocenters. The van der Waals surface area contributed by atoms with E-state index in [4.69, 9.17) is 16.4 Å². The zero-order chi connectivity index (χ0) is 16.0. The van der Waals surface area contributed by atoms with Crippen molar-refractivity contribution < 1.29 is 4.79 Å². The molecule has 1 rings (SSSR count). The second-order valence-corrected chi connectivity index (χ2v) is 4.96. The van der Waals surface area contributed by atoms with Gasteiger partial charge in [-0.25, -0.2) is 0 Å². The zero-order valence-electron chi connectivity index (χ0n) is 11.8. The zero-order valence-corrected chi connectivity index (χ0v) is 12.7. The van der Waals surface area contributed by atoms with Gasteiger partial charge in [0, 0.05) is 11.4 Å². The van der Waals surface area contributed by atoms with Crippen LogP contribution in [-0.4, -0.2) is 17.7 Å². The topological polar surface area (TPSA) is 115 Å². The molecule has 1 aromatic rings. The van der Waals surface area contributed by atoms with E-state index in [1.165, 1.54) is 6.08 Å². The van der Waals surface area contributed by atoms with Crippen molar-refractivity contribution in [3.8, 4) is 6.07 Å². The van der Waals surface area contributed by atoms with Crippen LogP contribution in [0.3, 0.4) is 0 Å². The molecule has 0 aliphatic carbocycles. The lowest BCUT2D eigenvalue weighted by molar-refractivity contribution is -0.118. The molecular formula is C14H17N5OS. The normalized spacial score (nSPS) is 12.2. The minimum Gasteiger partial charge on any atom is -0.374 e. The van der Waals surface area contributed by atoms with Gasteiger partial charge in [-0.05, 0) is 38.1 Å². The van der Waals surface area contributed by atoms with Crippen LogP contribution in [0, 0.1) is 16.7 Å². The van der Waals surface area contributed by atoms with Crippen LogP contribution >= 0.6 is 12.6 Å². The number of benzene rings is 1. The number of primary amides is 1. The van der Waals surface area contributed by atoms with Crippen LogP contribution in [0.1, 0.15) is 19.4 Å². The van der Waals surface area contributed by atoms with E-state index < -0.39 is 11.9 Å². The molecule has 0 fully saturated rings. The van der Waals surface area contributed by atoms with E-state index in [9.17, 15) is 4.79 Å². The molecule has 1 amide bonds. The monoisotopic (exact) mass is 303 g/mol. The minimum absolute atomic E-state index is 0.336. The van der Waals surface area contributed by atoms with Gasteiger partial charge in [0.05, 0.1) is 16.3 Å². The Morgan fingerprint density at radius 3 is 2.76 bits per heavy atom. The quantitative estimate of drug-likeness (QED) is 0.409. The molecule has 0 bridgehead atoms. The Bertz CT molecular complexity index is 633. The van der Waals surface area contributed by atoms with Crippen LogP contribution in [-0.2, 0) is 4.79 Å². The van der Waals surface area contributed by atoms with Crippen molar-refractivity contribution in [2.45, 2.75) is 19.9 Å². The largest absolute Gasteiger partial charge is 0.374 e. The number of hydrogen-bond donors (Lipinski definition) is 5. The van der Waals surface area contributed by atoms with Gasteiger partial charge in [-0.15, -0.1) is 12.6 Å². The first-order chi connectivity index (χ1) is 9.83. The molecule has 0 heterocycles. The first-order valence-corrected chi connectivity index (χ1v) is 6.61. The van der Waals surface area contributed by atoms with E-state index in [1.54, 1.807) is 32.0 Å². The molecule has 21 heavy (non-hydrogen) atoms. The summed E-state index contributed by atoms with van der Waals surface area (Å²) in [6, 6.07) is 6.52. The Morgan fingerprint density at radius 2 is 2.24 bits per heavy atom. The van der Waals surface area contributed by atoms with E-state index >= 15 is 0 Å². The molecule has 1 aromatic carbocycles. The van der Waals surface area contributed by atoms with E-state index in [0.717, 1.165) is 0 Å². The second-order valence-electron chi connectivity index (χ2n) is 4.48. The molecule has 1 atom stereocenters. The lowest BCUT2D eigenvalue weighted by Crippen LogP contribution is -2.32. The predicted octanol–water partition coefficient (Wildman–Crippen LogP) is 2.07. The lowest BCUT2D eigenvalue weighted by Gasteiger charge is -2.14. The molecule has 0 saturated carbocycles. The van der Waals surface area contributed by atoms with Crippen molar-refractivity contribution in [1.29, 1.82) is 10.7 Å². The average molecular weight is 303 g/mol. The highest BCUT2D eigenvalue weighted by Crippen LogP contribution is 2.23. The van der Waals surface area contributed by atoms with Crippen molar-refractivity contribution in [3.63, 3.8) is 0 Å². The fraction of sp³-hybridized carbons (Fsp3) is 0.214. The maximum Gasteiger partial charge on any atom is 0.239 e. The molecule has 0 aliphatic heterocycles. The lowest BCUT2D eigenvalue weighted by atomic mass is 10.1. The number of allylic oxidation sites excluding steroid dienone is 1.